The zero-order valence-electron chi connectivity index (χ0n) is 9.95. The summed E-state index contributed by atoms with van der Waals surface area (Å²) in [6, 6.07) is 1.84. The summed E-state index contributed by atoms with van der Waals surface area (Å²) >= 11 is 6.17. The fourth-order valence-corrected chi connectivity index (χ4v) is 2.60. The Morgan fingerprint density at radius 3 is 3.00 bits per heavy atom. The van der Waals surface area contributed by atoms with Crippen LogP contribution >= 0.6 is 11.6 Å². The van der Waals surface area contributed by atoms with Crippen molar-refractivity contribution in [3.8, 4) is 0 Å². The fraction of sp³-hybridized carbons (Fsp3) is 0.538. The molecule has 1 aliphatic rings. The normalized spacial score (nSPS) is 23.6. The maximum absolute atomic E-state index is 11.9. The van der Waals surface area contributed by atoms with Gasteiger partial charge in [-0.25, -0.2) is 0 Å². The van der Waals surface area contributed by atoms with Crippen molar-refractivity contribution in [1.82, 2.24) is 10.3 Å². The number of aromatic nitrogens is 1. The number of hydrogen-bond acceptors (Lipinski definition) is 2. The second-order valence-electron chi connectivity index (χ2n) is 4.67. The third-order valence-corrected chi connectivity index (χ3v) is 3.80. The lowest BCUT2D eigenvalue weighted by atomic mass is 10.1. The van der Waals surface area contributed by atoms with Crippen LogP contribution in [0, 0.1) is 12.8 Å². The van der Waals surface area contributed by atoms with Crippen LogP contribution in [0.3, 0.4) is 0 Å². The van der Waals surface area contributed by atoms with Crippen molar-refractivity contribution in [2.45, 2.75) is 31.6 Å². The summed E-state index contributed by atoms with van der Waals surface area (Å²) in [6.07, 6.45) is 6.67. The molecule has 1 aromatic heterocycles. The Kier molecular flexibility index (Phi) is 4.00. The van der Waals surface area contributed by atoms with Crippen LogP contribution in [0.5, 0.6) is 0 Å². The van der Waals surface area contributed by atoms with Gasteiger partial charge < -0.3 is 5.32 Å². The fourth-order valence-electron chi connectivity index (χ4n) is 2.23. The number of rotatable bonds is 3. The van der Waals surface area contributed by atoms with Crippen LogP contribution in [0.15, 0.2) is 18.5 Å². The maximum Gasteiger partial charge on any atom is 0.252 e. The predicted molar refractivity (Wildman–Crippen MR) is 68.3 cm³/mol. The molecule has 92 valence electrons. The third kappa shape index (κ3) is 3.19. The Morgan fingerprint density at radius 2 is 2.35 bits per heavy atom. The Balaban J connectivity index is 1.89. The topological polar surface area (TPSA) is 42.0 Å². The van der Waals surface area contributed by atoms with Crippen LogP contribution in [0.4, 0.5) is 0 Å². The summed E-state index contributed by atoms with van der Waals surface area (Å²) in [5.74, 6) is 0.357. The molecule has 0 radical (unpaired) electrons. The van der Waals surface area contributed by atoms with Crippen molar-refractivity contribution in [3.63, 3.8) is 0 Å². The second kappa shape index (κ2) is 5.50. The number of carbonyl (C=O) groups is 1. The van der Waals surface area contributed by atoms with E-state index in [0.717, 1.165) is 18.4 Å². The molecule has 4 heteroatoms. The molecule has 1 amide bonds. The Morgan fingerprint density at radius 1 is 1.53 bits per heavy atom. The number of nitrogens with one attached hydrogen (secondary N) is 1. The van der Waals surface area contributed by atoms with E-state index in [4.69, 9.17) is 11.6 Å². The maximum atomic E-state index is 11.9. The number of amides is 1. The van der Waals surface area contributed by atoms with Gasteiger partial charge in [-0.2, -0.15) is 0 Å². The highest BCUT2D eigenvalue weighted by atomic mass is 35.5. The molecule has 0 spiro atoms. The first kappa shape index (κ1) is 12.4. The Hall–Kier alpha value is -1.09. The first-order valence-electron chi connectivity index (χ1n) is 6.01. The zero-order chi connectivity index (χ0) is 12.3. The van der Waals surface area contributed by atoms with Gasteiger partial charge in [0, 0.05) is 24.3 Å². The van der Waals surface area contributed by atoms with Gasteiger partial charge in [0.2, 0.25) is 0 Å². The van der Waals surface area contributed by atoms with Gasteiger partial charge in [-0.15, -0.1) is 11.6 Å². The highest BCUT2D eigenvalue weighted by Crippen LogP contribution is 2.29. The zero-order valence-corrected chi connectivity index (χ0v) is 10.7. The van der Waals surface area contributed by atoms with E-state index < -0.39 is 0 Å². The molecule has 1 saturated carbocycles. The van der Waals surface area contributed by atoms with Crippen LogP contribution in [-0.4, -0.2) is 22.8 Å². The van der Waals surface area contributed by atoms with E-state index in [9.17, 15) is 4.79 Å². The van der Waals surface area contributed by atoms with Gasteiger partial charge in [0.15, 0.2) is 0 Å². The summed E-state index contributed by atoms with van der Waals surface area (Å²) in [5, 5.41) is 3.15. The van der Waals surface area contributed by atoms with Gasteiger partial charge in [0.25, 0.3) is 5.91 Å². The minimum atomic E-state index is -0.0584. The minimum absolute atomic E-state index is 0.0584. The number of alkyl halides is 1. The van der Waals surface area contributed by atoms with E-state index in [-0.39, 0.29) is 11.3 Å². The molecule has 2 unspecified atom stereocenters. The van der Waals surface area contributed by atoms with E-state index >= 15 is 0 Å². The third-order valence-electron chi connectivity index (χ3n) is 3.23. The molecule has 0 aliphatic heterocycles. The van der Waals surface area contributed by atoms with Gasteiger partial charge >= 0.3 is 0 Å². The molecule has 1 aromatic rings. The summed E-state index contributed by atoms with van der Waals surface area (Å²) in [7, 11) is 0. The van der Waals surface area contributed by atoms with Crippen molar-refractivity contribution < 1.29 is 4.79 Å². The number of nitrogens with zero attached hydrogens (tertiary/aromatic N) is 1. The van der Waals surface area contributed by atoms with Gasteiger partial charge in [-0.3, -0.25) is 9.78 Å². The van der Waals surface area contributed by atoms with Crippen LogP contribution in [0.25, 0.3) is 0 Å². The molecule has 1 aliphatic carbocycles. The van der Waals surface area contributed by atoms with E-state index in [1.807, 2.05) is 13.0 Å². The summed E-state index contributed by atoms with van der Waals surface area (Å²) in [4.78, 5) is 15.9. The predicted octanol–water partition coefficient (Wildman–Crippen LogP) is 2.53. The highest BCUT2D eigenvalue weighted by molar-refractivity contribution is 6.21. The van der Waals surface area contributed by atoms with E-state index in [0.29, 0.717) is 18.0 Å². The standard InChI is InChI=1S/C13H17ClN2O/c1-9-5-11(7-15-6-9)13(17)16-8-10-3-2-4-12(10)14/h5-7,10,12H,2-4,8H2,1H3,(H,16,17). The SMILES string of the molecule is Cc1cncc(C(=O)NCC2CCCC2Cl)c1. The molecule has 0 saturated heterocycles. The van der Waals surface area contributed by atoms with Gasteiger partial charge in [-0.1, -0.05) is 6.42 Å². The van der Waals surface area contributed by atoms with Crippen LogP contribution in [0.2, 0.25) is 0 Å². The minimum Gasteiger partial charge on any atom is -0.352 e. The smallest absolute Gasteiger partial charge is 0.252 e. The van der Waals surface area contributed by atoms with E-state index in [1.165, 1.54) is 6.42 Å². The van der Waals surface area contributed by atoms with Crippen LogP contribution < -0.4 is 5.32 Å². The molecule has 17 heavy (non-hydrogen) atoms. The lowest BCUT2D eigenvalue weighted by molar-refractivity contribution is 0.0947. The number of carbonyl (C=O) groups excluding carboxylic acids is 1. The molecule has 0 bridgehead atoms. The highest BCUT2D eigenvalue weighted by Gasteiger charge is 2.25. The average molecular weight is 253 g/mol. The number of hydrogen-bond donors (Lipinski definition) is 1. The molecule has 1 N–H and O–H groups in total. The first-order valence-corrected chi connectivity index (χ1v) is 6.44. The van der Waals surface area contributed by atoms with Crippen LogP contribution in [0.1, 0.15) is 35.2 Å². The van der Waals surface area contributed by atoms with Crippen molar-refractivity contribution >= 4 is 17.5 Å². The Labute approximate surface area is 107 Å². The second-order valence-corrected chi connectivity index (χ2v) is 5.23. The summed E-state index contributed by atoms with van der Waals surface area (Å²) in [6.45, 7) is 2.59. The number of pyridine rings is 1. The first-order chi connectivity index (χ1) is 8.16. The van der Waals surface area contributed by atoms with Crippen molar-refractivity contribution in [3.05, 3.63) is 29.6 Å². The van der Waals surface area contributed by atoms with E-state index in [1.54, 1.807) is 12.4 Å². The number of aryl methyl sites for hydroxylation is 1. The van der Waals surface area contributed by atoms with Gasteiger partial charge in [0.05, 0.1) is 5.56 Å². The lowest BCUT2D eigenvalue weighted by Gasteiger charge is -2.14. The van der Waals surface area contributed by atoms with Gasteiger partial charge in [0.1, 0.15) is 0 Å². The van der Waals surface area contributed by atoms with Crippen LogP contribution in [-0.2, 0) is 0 Å². The molecule has 2 rings (SSSR count). The molecule has 3 nitrogen and oxygen atoms in total. The largest absolute Gasteiger partial charge is 0.352 e. The molecular weight excluding hydrogens is 236 g/mol. The van der Waals surface area contributed by atoms with Crippen molar-refractivity contribution in [2.24, 2.45) is 5.92 Å². The molecule has 2 atom stereocenters. The molecule has 1 heterocycles. The van der Waals surface area contributed by atoms with E-state index in [2.05, 4.69) is 10.3 Å². The van der Waals surface area contributed by atoms with Crippen molar-refractivity contribution in [1.29, 1.82) is 0 Å². The molecular formula is C13H17ClN2O. The van der Waals surface area contributed by atoms with Crippen molar-refractivity contribution in [2.75, 3.05) is 6.54 Å². The monoisotopic (exact) mass is 252 g/mol. The molecule has 0 aromatic carbocycles. The average Bonchev–Trinajstić information content (AvgIpc) is 2.72. The number of halogens is 1. The molecule has 1 fully saturated rings. The quantitative estimate of drug-likeness (QED) is 0.840. The van der Waals surface area contributed by atoms with Gasteiger partial charge in [-0.05, 0) is 37.3 Å². The lowest BCUT2D eigenvalue weighted by Crippen LogP contribution is -2.31. The summed E-state index contributed by atoms with van der Waals surface area (Å²) < 4.78 is 0. The summed E-state index contributed by atoms with van der Waals surface area (Å²) in [5.41, 5.74) is 1.61. The Bertz CT molecular complexity index is 408.